The Hall–Kier alpha value is -2.77. The van der Waals surface area contributed by atoms with Crippen LogP contribution in [0.25, 0.3) is 5.69 Å². The van der Waals surface area contributed by atoms with Gasteiger partial charge in [-0.3, -0.25) is 9.69 Å². The van der Waals surface area contributed by atoms with E-state index in [1.54, 1.807) is 11.0 Å². The van der Waals surface area contributed by atoms with Gasteiger partial charge in [0.15, 0.2) is 0 Å². The van der Waals surface area contributed by atoms with Gasteiger partial charge >= 0.3 is 0 Å². The molecule has 2 aromatic carbocycles. The number of aromatic nitrogens is 3. The van der Waals surface area contributed by atoms with E-state index < -0.39 is 5.82 Å². The zero-order chi connectivity index (χ0) is 19.4. The minimum atomic E-state index is -0.519. The molecule has 140 valence electrons. The number of carbonyl (C=O) groups is 1. The molecule has 0 fully saturated rings. The first-order chi connectivity index (χ1) is 12.9. The van der Waals surface area contributed by atoms with Crippen molar-refractivity contribution in [2.75, 3.05) is 18.9 Å². The minimum Gasteiger partial charge on any atom is -0.325 e. The number of nitrogens with one attached hydrogen (secondary N) is 1. The second kappa shape index (κ2) is 8.28. The molecule has 0 saturated carbocycles. The number of hydrogen-bond donors (Lipinski definition) is 1. The largest absolute Gasteiger partial charge is 0.325 e. The Morgan fingerprint density at radius 1 is 1.30 bits per heavy atom. The highest BCUT2D eigenvalue weighted by atomic mass is 35.5. The molecule has 0 aliphatic rings. The highest BCUT2D eigenvalue weighted by Crippen LogP contribution is 2.21. The molecule has 0 unspecified atom stereocenters. The molecule has 0 bridgehead atoms. The first kappa shape index (κ1) is 19.0. The average molecular weight is 388 g/mol. The fraction of sp³-hybridized carbons (Fsp3) is 0.211. The number of nitrogens with zero attached hydrogens (tertiary/aromatic N) is 4. The van der Waals surface area contributed by atoms with Crippen molar-refractivity contribution in [3.05, 3.63) is 71.5 Å². The topological polar surface area (TPSA) is 63.1 Å². The summed E-state index contributed by atoms with van der Waals surface area (Å²) in [5.74, 6) is -0.721. The van der Waals surface area contributed by atoms with Gasteiger partial charge < -0.3 is 5.32 Å². The third kappa shape index (κ3) is 4.69. The lowest BCUT2D eigenvalue weighted by Gasteiger charge is -2.24. The number of hydrogen-bond acceptors (Lipinski definition) is 4. The predicted octanol–water partition coefficient (Wildman–Crippen LogP) is 3.69. The number of likely N-dealkylation sites (N-methyl/N-ethyl adjacent to an activating group) is 1. The van der Waals surface area contributed by atoms with Gasteiger partial charge in [-0.15, -0.1) is 0 Å². The SMILES string of the molecule is C[C@H](c1ccc(-n2cncn2)cc1)N(C)CC(=O)Nc1ccc(F)c(Cl)c1. The summed E-state index contributed by atoms with van der Waals surface area (Å²) in [7, 11) is 1.87. The Bertz CT molecular complexity index is 914. The van der Waals surface area contributed by atoms with E-state index in [0.717, 1.165) is 11.3 Å². The van der Waals surface area contributed by atoms with E-state index in [-0.39, 0.29) is 23.5 Å². The zero-order valence-electron chi connectivity index (χ0n) is 14.9. The Kier molecular flexibility index (Phi) is 5.83. The van der Waals surface area contributed by atoms with Crippen LogP contribution >= 0.6 is 11.6 Å². The van der Waals surface area contributed by atoms with Gasteiger partial charge in [-0.1, -0.05) is 23.7 Å². The maximum absolute atomic E-state index is 13.2. The second-order valence-electron chi connectivity index (χ2n) is 6.20. The molecule has 0 spiro atoms. The summed E-state index contributed by atoms with van der Waals surface area (Å²) in [5.41, 5.74) is 2.45. The average Bonchev–Trinajstić information content (AvgIpc) is 3.19. The Morgan fingerprint density at radius 2 is 2.04 bits per heavy atom. The molecule has 8 heteroatoms. The summed E-state index contributed by atoms with van der Waals surface area (Å²) in [6.07, 6.45) is 3.12. The summed E-state index contributed by atoms with van der Waals surface area (Å²) in [5, 5.41) is 6.79. The van der Waals surface area contributed by atoms with Gasteiger partial charge in [-0.25, -0.2) is 14.1 Å². The number of benzene rings is 2. The Morgan fingerprint density at radius 3 is 2.67 bits per heavy atom. The third-order valence-electron chi connectivity index (χ3n) is 4.32. The lowest BCUT2D eigenvalue weighted by molar-refractivity contribution is -0.117. The van der Waals surface area contributed by atoms with E-state index in [4.69, 9.17) is 11.6 Å². The van der Waals surface area contributed by atoms with Crippen LogP contribution in [-0.2, 0) is 4.79 Å². The van der Waals surface area contributed by atoms with E-state index in [0.29, 0.717) is 5.69 Å². The quantitative estimate of drug-likeness (QED) is 0.700. The van der Waals surface area contributed by atoms with Crippen molar-refractivity contribution in [1.82, 2.24) is 19.7 Å². The van der Waals surface area contributed by atoms with E-state index in [2.05, 4.69) is 15.4 Å². The van der Waals surface area contributed by atoms with Crippen molar-refractivity contribution in [2.24, 2.45) is 0 Å². The van der Waals surface area contributed by atoms with Crippen molar-refractivity contribution in [2.45, 2.75) is 13.0 Å². The van der Waals surface area contributed by atoms with Crippen molar-refractivity contribution < 1.29 is 9.18 Å². The number of carbonyl (C=O) groups excluding carboxylic acids is 1. The van der Waals surface area contributed by atoms with E-state index in [1.807, 2.05) is 43.1 Å². The van der Waals surface area contributed by atoms with Crippen LogP contribution in [0.1, 0.15) is 18.5 Å². The standard InChI is InChI=1S/C19H19ClFN5O/c1-13(14-3-6-16(7-4-14)26-12-22-11-23-26)25(2)10-19(27)24-15-5-8-18(21)17(20)9-15/h3-9,11-13H,10H2,1-2H3,(H,24,27)/t13-/m1/s1. The lowest BCUT2D eigenvalue weighted by Crippen LogP contribution is -2.32. The summed E-state index contributed by atoms with van der Waals surface area (Å²) in [4.78, 5) is 18.1. The second-order valence-corrected chi connectivity index (χ2v) is 6.61. The molecular formula is C19H19ClFN5O. The van der Waals surface area contributed by atoms with Gasteiger partial charge in [0, 0.05) is 11.7 Å². The van der Waals surface area contributed by atoms with Crippen molar-refractivity contribution in [1.29, 1.82) is 0 Å². The van der Waals surface area contributed by atoms with Crippen molar-refractivity contribution in [3.63, 3.8) is 0 Å². The third-order valence-corrected chi connectivity index (χ3v) is 4.61. The molecule has 1 N–H and O–H groups in total. The van der Waals surface area contributed by atoms with E-state index >= 15 is 0 Å². The zero-order valence-corrected chi connectivity index (χ0v) is 15.7. The predicted molar refractivity (Wildman–Crippen MR) is 102 cm³/mol. The highest BCUT2D eigenvalue weighted by molar-refractivity contribution is 6.31. The monoisotopic (exact) mass is 387 g/mol. The molecule has 1 amide bonds. The maximum atomic E-state index is 13.2. The molecular weight excluding hydrogens is 369 g/mol. The van der Waals surface area contributed by atoms with Crippen LogP contribution in [0.3, 0.4) is 0 Å². The van der Waals surface area contributed by atoms with Gasteiger partial charge in [0.2, 0.25) is 5.91 Å². The maximum Gasteiger partial charge on any atom is 0.238 e. The van der Waals surface area contributed by atoms with Gasteiger partial charge in [0.05, 0.1) is 17.3 Å². The molecule has 0 aliphatic heterocycles. The number of halogens is 2. The first-order valence-corrected chi connectivity index (χ1v) is 8.72. The molecule has 0 saturated heterocycles. The Balaban J connectivity index is 1.60. The van der Waals surface area contributed by atoms with Crippen LogP contribution in [0, 0.1) is 5.82 Å². The molecule has 6 nitrogen and oxygen atoms in total. The molecule has 3 rings (SSSR count). The molecule has 3 aromatic rings. The first-order valence-electron chi connectivity index (χ1n) is 8.34. The molecule has 1 atom stereocenters. The summed E-state index contributed by atoms with van der Waals surface area (Å²) in [6, 6.07) is 12.0. The van der Waals surface area contributed by atoms with Crippen LogP contribution in [-0.4, -0.2) is 39.2 Å². The fourth-order valence-electron chi connectivity index (χ4n) is 2.64. The lowest BCUT2D eigenvalue weighted by atomic mass is 10.1. The fourth-order valence-corrected chi connectivity index (χ4v) is 2.82. The molecule has 0 aliphatic carbocycles. The van der Waals surface area contributed by atoms with Crippen molar-refractivity contribution in [3.8, 4) is 5.69 Å². The number of rotatable bonds is 6. The molecule has 27 heavy (non-hydrogen) atoms. The highest BCUT2D eigenvalue weighted by Gasteiger charge is 2.15. The molecule has 1 aromatic heterocycles. The van der Waals surface area contributed by atoms with Gasteiger partial charge in [0.1, 0.15) is 18.5 Å². The molecule has 0 radical (unpaired) electrons. The summed E-state index contributed by atoms with van der Waals surface area (Å²) in [6.45, 7) is 2.20. The van der Waals surface area contributed by atoms with E-state index in [9.17, 15) is 9.18 Å². The normalized spacial score (nSPS) is 12.2. The van der Waals surface area contributed by atoms with Crippen LogP contribution < -0.4 is 5.32 Å². The smallest absolute Gasteiger partial charge is 0.238 e. The van der Waals surface area contributed by atoms with Crippen LogP contribution in [0.5, 0.6) is 0 Å². The van der Waals surface area contributed by atoms with Crippen LogP contribution in [0.15, 0.2) is 55.1 Å². The Labute approximate surface area is 161 Å². The van der Waals surface area contributed by atoms with Gasteiger partial charge in [0.25, 0.3) is 0 Å². The molecule has 1 heterocycles. The minimum absolute atomic E-state index is 0.0253. The van der Waals surface area contributed by atoms with Crippen LogP contribution in [0.2, 0.25) is 5.02 Å². The van der Waals surface area contributed by atoms with Crippen molar-refractivity contribution >= 4 is 23.2 Å². The number of amides is 1. The van der Waals surface area contributed by atoms with Crippen LogP contribution in [0.4, 0.5) is 10.1 Å². The van der Waals surface area contributed by atoms with E-state index in [1.165, 1.54) is 24.5 Å². The van der Waals surface area contributed by atoms with Gasteiger partial charge in [-0.2, -0.15) is 5.10 Å². The number of anilines is 1. The summed E-state index contributed by atoms with van der Waals surface area (Å²) < 4.78 is 14.9. The summed E-state index contributed by atoms with van der Waals surface area (Å²) >= 11 is 5.74. The van der Waals surface area contributed by atoms with Gasteiger partial charge in [-0.05, 0) is 49.9 Å².